The molecule has 2 heterocycles. The second-order valence-electron chi connectivity index (χ2n) is 12.0. The van der Waals surface area contributed by atoms with E-state index in [1.165, 1.54) is 12.1 Å². The summed E-state index contributed by atoms with van der Waals surface area (Å²) in [6.07, 6.45) is -5.20. The summed E-state index contributed by atoms with van der Waals surface area (Å²) in [7, 11) is 1.65. The molecule has 1 atom stereocenters. The lowest BCUT2D eigenvalue weighted by Gasteiger charge is -2.30. The number of aromatic nitrogens is 2. The van der Waals surface area contributed by atoms with Crippen LogP contribution in [0.2, 0.25) is 10.0 Å². The van der Waals surface area contributed by atoms with Crippen LogP contribution in [0.25, 0.3) is 11.0 Å². The van der Waals surface area contributed by atoms with Crippen LogP contribution >= 0.6 is 23.2 Å². The number of imidazole rings is 1. The number of benzene rings is 2. The number of halogens is 7. The Bertz CT molecular complexity index is 1630. The maximum absolute atomic E-state index is 13.3. The number of fused-ring (bicyclic) bond motifs is 1. The smallest absolute Gasteiger partial charge is 0.391 e. The van der Waals surface area contributed by atoms with Crippen molar-refractivity contribution in [2.45, 2.75) is 76.7 Å². The van der Waals surface area contributed by atoms with Gasteiger partial charge in [0.1, 0.15) is 12.4 Å². The predicted octanol–water partition coefficient (Wildman–Crippen LogP) is 7.81. The molecule has 1 aromatic heterocycles. The van der Waals surface area contributed by atoms with Crippen molar-refractivity contribution in [2.75, 3.05) is 18.5 Å². The highest BCUT2D eigenvalue weighted by Crippen LogP contribution is 2.39. The molecule has 1 saturated heterocycles. The maximum atomic E-state index is 13.3. The van der Waals surface area contributed by atoms with E-state index in [2.05, 4.69) is 20.9 Å². The Labute approximate surface area is 278 Å². The zero-order chi connectivity index (χ0) is 34.0. The summed E-state index contributed by atoms with van der Waals surface area (Å²) in [6.45, 7) is 1.85. The van der Waals surface area contributed by atoms with Crippen LogP contribution in [-0.2, 0) is 13.6 Å². The summed E-state index contributed by atoms with van der Waals surface area (Å²) >= 11 is 13.2. The van der Waals surface area contributed by atoms with Gasteiger partial charge in [-0.25, -0.2) is 18.6 Å². The number of amides is 3. The van der Waals surface area contributed by atoms with E-state index < -0.39 is 37.1 Å². The first-order valence-electron chi connectivity index (χ1n) is 15.3. The first kappa shape index (κ1) is 34.8. The molecule has 1 saturated carbocycles. The third kappa shape index (κ3) is 7.97. The van der Waals surface area contributed by atoms with Gasteiger partial charge in [-0.2, -0.15) is 13.2 Å². The molecule has 1 aliphatic carbocycles. The molecule has 1 unspecified atom stereocenters. The number of carbonyl (C=O) groups is 2. The normalized spacial score (nSPS) is 20.1. The van der Waals surface area contributed by atoms with Crippen LogP contribution in [0.4, 0.5) is 38.4 Å². The molecule has 3 aromatic rings. The van der Waals surface area contributed by atoms with E-state index >= 15 is 0 Å². The summed E-state index contributed by atoms with van der Waals surface area (Å²) in [4.78, 5) is 32.3. The zero-order valence-corrected chi connectivity index (χ0v) is 27.2. The van der Waals surface area contributed by atoms with Crippen molar-refractivity contribution in [2.24, 2.45) is 13.0 Å². The number of rotatable bonds is 9. The summed E-state index contributed by atoms with van der Waals surface area (Å²) in [5, 5.41) is 9.24. The van der Waals surface area contributed by atoms with Crippen LogP contribution in [0.3, 0.4) is 0 Å². The highest BCUT2D eigenvalue weighted by Gasteiger charge is 2.41. The molecule has 5 rings (SSSR count). The van der Waals surface area contributed by atoms with Gasteiger partial charge in [0.15, 0.2) is 0 Å². The average Bonchev–Trinajstić information content (AvgIpc) is 3.58. The van der Waals surface area contributed by atoms with Crippen molar-refractivity contribution in [1.82, 2.24) is 25.1 Å². The zero-order valence-electron chi connectivity index (χ0n) is 25.7. The van der Waals surface area contributed by atoms with E-state index in [9.17, 15) is 31.5 Å². The molecule has 256 valence electrons. The number of urea groups is 1. The molecule has 1 aliphatic heterocycles. The van der Waals surface area contributed by atoms with Gasteiger partial charge in [0.05, 0.1) is 38.2 Å². The van der Waals surface area contributed by atoms with Gasteiger partial charge >= 0.3 is 12.2 Å². The first-order valence-corrected chi connectivity index (χ1v) is 16.1. The Morgan fingerprint density at radius 2 is 1.83 bits per heavy atom. The van der Waals surface area contributed by atoms with Crippen molar-refractivity contribution >= 4 is 57.8 Å². The summed E-state index contributed by atoms with van der Waals surface area (Å²) < 4.78 is 72.4. The summed E-state index contributed by atoms with van der Waals surface area (Å²) in [5.41, 5.74) is 1.56. The minimum atomic E-state index is -4.29. The van der Waals surface area contributed by atoms with Gasteiger partial charge in [0, 0.05) is 38.3 Å². The number of hydrogen-bond donors (Lipinski definition) is 3. The molecular formula is C31H35Cl2F5N6O3. The molecule has 2 fully saturated rings. The van der Waals surface area contributed by atoms with Crippen molar-refractivity contribution in [3.8, 4) is 5.75 Å². The Morgan fingerprint density at radius 1 is 1.11 bits per heavy atom. The standard InChI is InChI=1S/C31H35Cl2F5N6O3/c1-16-4-3-11-44(16)30(46)39-14-17-5-10-21(32)27(26(17)33)42-29-41-22-12-20(24(47-15-25(34)35)13-23(22)43(29)2)28(45)40-19-8-6-18(7-9-19)31(36,37)38/h5,10,12-13,16,18-19,25H,3-4,6-9,11,14-15H2,1-2H3,(H,39,46)(H,40,45)(H,41,42). The van der Waals surface area contributed by atoms with Gasteiger partial charge in [-0.1, -0.05) is 29.3 Å². The van der Waals surface area contributed by atoms with Gasteiger partial charge in [-0.05, 0) is 63.1 Å². The number of anilines is 2. The fourth-order valence-electron chi connectivity index (χ4n) is 6.07. The van der Waals surface area contributed by atoms with E-state index in [1.807, 2.05) is 6.92 Å². The Morgan fingerprint density at radius 3 is 2.47 bits per heavy atom. The lowest BCUT2D eigenvalue weighted by Crippen LogP contribution is -2.41. The topological polar surface area (TPSA) is 101 Å². The van der Waals surface area contributed by atoms with Crippen molar-refractivity contribution in [3.05, 3.63) is 45.4 Å². The second-order valence-corrected chi connectivity index (χ2v) is 12.7. The number of alkyl halides is 5. The van der Waals surface area contributed by atoms with Crippen molar-refractivity contribution in [3.63, 3.8) is 0 Å². The minimum absolute atomic E-state index is 0.0816. The molecule has 3 amide bonds. The lowest BCUT2D eigenvalue weighted by atomic mass is 9.85. The third-order valence-corrected chi connectivity index (χ3v) is 9.52. The summed E-state index contributed by atoms with van der Waals surface area (Å²) in [6, 6.07) is 5.55. The molecule has 3 N–H and O–H groups in total. The SMILES string of the molecule is CC1CCCN1C(=O)NCc1ccc(Cl)c(Nc2nc3cc(C(=O)NC4CCC(C(F)(F)F)CC4)c(OCC(F)F)cc3n2C)c1Cl. The molecule has 16 heteroatoms. The molecule has 2 aliphatic rings. The Balaban J connectivity index is 1.37. The third-order valence-electron chi connectivity index (χ3n) is 8.77. The van der Waals surface area contributed by atoms with Crippen molar-refractivity contribution < 1.29 is 36.3 Å². The van der Waals surface area contributed by atoms with Crippen LogP contribution in [0.1, 0.15) is 61.4 Å². The number of ether oxygens (including phenoxy) is 1. The monoisotopic (exact) mass is 704 g/mol. The number of nitrogens with one attached hydrogen (secondary N) is 3. The number of aryl methyl sites for hydroxylation is 1. The van der Waals surface area contributed by atoms with Crippen LogP contribution < -0.4 is 20.7 Å². The van der Waals surface area contributed by atoms with Crippen LogP contribution in [-0.4, -0.2) is 64.2 Å². The average molecular weight is 706 g/mol. The number of likely N-dealkylation sites (tertiary alicyclic amines) is 1. The Hall–Kier alpha value is -3.52. The largest absolute Gasteiger partial charge is 0.487 e. The van der Waals surface area contributed by atoms with E-state index in [0.717, 1.165) is 12.8 Å². The lowest BCUT2D eigenvalue weighted by molar-refractivity contribution is -0.182. The summed E-state index contributed by atoms with van der Waals surface area (Å²) in [5.74, 6) is -1.97. The Kier molecular flexibility index (Phi) is 10.6. The van der Waals surface area contributed by atoms with Crippen molar-refractivity contribution in [1.29, 1.82) is 0 Å². The molecule has 0 radical (unpaired) electrons. The van der Waals surface area contributed by atoms with E-state index in [0.29, 0.717) is 28.8 Å². The maximum Gasteiger partial charge on any atom is 0.391 e. The van der Waals surface area contributed by atoms with Crippen LogP contribution in [0, 0.1) is 5.92 Å². The van der Waals surface area contributed by atoms with E-state index in [1.54, 1.807) is 28.6 Å². The molecule has 47 heavy (non-hydrogen) atoms. The molecule has 2 aromatic carbocycles. The first-order chi connectivity index (χ1) is 22.2. The number of hydrogen-bond acceptors (Lipinski definition) is 5. The second kappa shape index (κ2) is 14.3. The van der Waals surface area contributed by atoms with E-state index in [4.69, 9.17) is 27.9 Å². The molecule has 9 nitrogen and oxygen atoms in total. The molecule has 0 spiro atoms. The van der Waals surface area contributed by atoms with Gasteiger partial charge in [0.2, 0.25) is 5.95 Å². The van der Waals surface area contributed by atoms with Gasteiger partial charge in [0.25, 0.3) is 12.3 Å². The molecular weight excluding hydrogens is 670 g/mol. The highest BCUT2D eigenvalue weighted by molar-refractivity contribution is 6.39. The highest BCUT2D eigenvalue weighted by atomic mass is 35.5. The van der Waals surface area contributed by atoms with Crippen LogP contribution in [0.15, 0.2) is 24.3 Å². The predicted molar refractivity (Wildman–Crippen MR) is 169 cm³/mol. The fourth-order valence-corrected chi connectivity index (χ4v) is 6.61. The number of carbonyl (C=O) groups excluding carboxylic acids is 2. The molecule has 0 bridgehead atoms. The number of nitrogens with zero attached hydrogens (tertiary/aromatic N) is 3. The minimum Gasteiger partial charge on any atom is -0.487 e. The van der Waals surface area contributed by atoms with Crippen LogP contribution in [0.5, 0.6) is 5.75 Å². The quantitative estimate of drug-likeness (QED) is 0.197. The van der Waals surface area contributed by atoms with Gasteiger partial charge in [-0.3, -0.25) is 4.79 Å². The fraction of sp³-hybridized carbons (Fsp3) is 0.516. The van der Waals surface area contributed by atoms with Gasteiger partial charge < -0.3 is 30.2 Å². The van der Waals surface area contributed by atoms with E-state index in [-0.39, 0.29) is 71.6 Å². The van der Waals surface area contributed by atoms with Gasteiger partial charge in [-0.15, -0.1) is 0 Å².